The predicted molar refractivity (Wildman–Crippen MR) is 132 cm³/mol. The average Bonchev–Trinajstić information content (AvgIpc) is 2.75. The highest BCUT2D eigenvalue weighted by Gasteiger charge is 2.35. The van der Waals surface area contributed by atoms with Gasteiger partial charge in [-0.1, -0.05) is 6.92 Å². The zero-order chi connectivity index (χ0) is 28.1. The van der Waals surface area contributed by atoms with Crippen LogP contribution in [0.25, 0.3) is 0 Å². The summed E-state index contributed by atoms with van der Waals surface area (Å²) in [5.41, 5.74) is -0.120. The molecule has 0 spiro atoms. The maximum atomic E-state index is 13.2. The van der Waals surface area contributed by atoms with Gasteiger partial charge in [0, 0.05) is 45.3 Å². The summed E-state index contributed by atoms with van der Waals surface area (Å²) in [6, 6.07) is 2.71. The number of alkyl halides is 3. The van der Waals surface area contributed by atoms with Gasteiger partial charge in [0.2, 0.25) is 10.0 Å². The molecule has 0 aliphatic carbocycles. The van der Waals surface area contributed by atoms with Crippen molar-refractivity contribution in [3.8, 4) is 5.75 Å². The summed E-state index contributed by atoms with van der Waals surface area (Å²) in [6.45, 7) is 7.74. The molecule has 210 valence electrons. The summed E-state index contributed by atoms with van der Waals surface area (Å²) in [5, 5.41) is 2.85. The van der Waals surface area contributed by atoms with Crippen molar-refractivity contribution >= 4 is 27.6 Å². The summed E-state index contributed by atoms with van der Waals surface area (Å²) < 4.78 is 75.2. The number of carbonyl (C=O) groups is 2. The van der Waals surface area contributed by atoms with Gasteiger partial charge in [0.25, 0.3) is 5.91 Å². The number of halogens is 3. The van der Waals surface area contributed by atoms with Crippen LogP contribution in [0.4, 0.5) is 23.7 Å². The minimum Gasteiger partial charge on any atom is -0.491 e. The van der Waals surface area contributed by atoms with E-state index in [-0.39, 0.29) is 48.1 Å². The Bertz CT molecular complexity index is 1070. The Balaban J connectivity index is 2.46. The number of methoxy groups -OCH3 is 1. The van der Waals surface area contributed by atoms with E-state index in [4.69, 9.17) is 9.47 Å². The van der Waals surface area contributed by atoms with Crippen LogP contribution in [-0.2, 0) is 14.8 Å². The van der Waals surface area contributed by atoms with Crippen LogP contribution in [0.3, 0.4) is 0 Å². The summed E-state index contributed by atoms with van der Waals surface area (Å²) in [7, 11) is -1.67. The molecule has 37 heavy (non-hydrogen) atoms. The van der Waals surface area contributed by atoms with E-state index in [0.29, 0.717) is 6.54 Å². The van der Waals surface area contributed by atoms with Crippen LogP contribution in [-0.4, -0.2) is 94.1 Å². The molecule has 1 aromatic carbocycles. The van der Waals surface area contributed by atoms with Crippen LogP contribution in [0, 0.1) is 5.92 Å². The number of rotatable bonds is 5. The van der Waals surface area contributed by atoms with Crippen molar-refractivity contribution in [1.29, 1.82) is 0 Å². The summed E-state index contributed by atoms with van der Waals surface area (Å²) >= 11 is 0. The molecule has 1 aromatic rings. The van der Waals surface area contributed by atoms with Crippen LogP contribution in [0.1, 0.15) is 38.1 Å². The number of likely N-dealkylation sites (N-methyl/N-ethyl adjacent to an activating group) is 1. The highest BCUT2D eigenvalue weighted by Crippen LogP contribution is 2.28. The standard InChI is InChI=1S/C23H35F3N4O6S/c1-14(2)27-22(32)30-10-15(3)20(35-6)11-29(5)21(31)18-8-7-17(9-19(18)36-12-16(30)4)28-37(33,34)13-23(24,25)26/h7-9,14-16,20,28H,10-13H2,1-6H3,(H,27,32)/t15-,16+,20+/m1/s1. The highest BCUT2D eigenvalue weighted by atomic mass is 32.2. The summed E-state index contributed by atoms with van der Waals surface area (Å²) in [6.07, 6.45) is -5.34. The normalized spacial score (nSPS) is 22.0. The zero-order valence-corrected chi connectivity index (χ0v) is 22.6. The molecule has 0 unspecified atom stereocenters. The van der Waals surface area contributed by atoms with Crippen molar-refractivity contribution in [1.82, 2.24) is 15.1 Å². The Morgan fingerprint density at radius 1 is 1.24 bits per heavy atom. The van der Waals surface area contributed by atoms with Crippen molar-refractivity contribution in [3.05, 3.63) is 23.8 Å². The van der Waals surface area contributed by atoms with Crippen molar-refractivity contribution < 1.29 is 40.7 Å². The number of fused-ring (bicyclic) bond motifs is 1. The van der Waals surface area contributed by atoms with Crippen LogP contribution < -0.4 is 14.8 Å². The lowest BCUT2D eigenvalue weighted by Gasteiger charge is -2.36. The van der Waals surface area contributed by atoms with Crippen molar-refractivity contribution in [2.75, 3.05) is 44.3 Å². The second-order valence-corrected chi connectivity index (χ2v) is 11.3. The smallest absolute Gasteiger partial charge is 0.404 e. The Morgan fingerprint density at radius 2 is 1.89 bits per heavy atom. The number of amides is 3. The number of sulfonamides is 1. The topological polar surface area (TPSA) is 117 Å². The first-order valence-electron chi connectivity index (χ1n) is 11.7. The first-order valence-corrected chi connectivity index (χ1v) is 13.4. The minimum atomic E-state index is -4.93. The lowest BCUT2D eigenvalue weighted by atomic mass is 10.0. The number of hydrogen-bond acceptors (Lipinski definition) is 6. The van der Waals surface area contributed by atoms with E-state index in [2.05, 4.69) is 5.32 Å². The molecule has 1 aliphatic rings. The quantitative estimate of drug-likeness (QED) is 0.580. The minimum absolute atomic E-state index is 0.0392. The summed E-state index contributed by atoms with van der Waals surface area (Å²) in [4.78, 5) is 29.2. The number of nitrogens with zero attached hydrogens (tertiary/aromatic N) is 2. The Kier molecular flexibility index (Phi) is 10.1. The first-order chi connectivity index (χ1) is 17.0. The van der Waals surface area contributed by atoms with Gasteiger partial charge in [-0.25, -0.2) is 13.2 Å². The number of anilines is 1. The Morgan fingerprint density at radius 3 is 2.46 bits per heavy atom. The molecule has 1 heterocycles. The van der Waals surface area contributed by atoms with Gasteiger partial charge in [-0.15, -0.1) is 0 Å². The summed E-state index contributed by atoms with van der Waals surface area (Å²) in [5.74, 6) is -2.70. The van der Waals surface area contributed by atoms with E-state index in [1.807, 2.05) is 25.5 Å². The van der Waals surface area contributed by atoms with E-state index in [9.17, 15) is 31.2 Å². The molecule has 2 N–H and O–H groups in total. The SMILES string of the molecule is CO[C@H]1CN(C)C(=O)c2ccc(NS(=O)(=O)CC(F)(F)F)cc2OC[C@H](C)N(C(=O)NC(C)C)C[C@H]1C. The molecule has 2 rings (SSSR count). The predicted octanol–water partition coefficient (Wildman–Crippen LogP) is 2.91. The molecule has 10 nitrogen and oxygen atoms in total. The third-order valence-electron chi connectivity index (χ3n) is 5.75. The number of hydrogen-bond donors (Lipinski definition) is 2. The lowest BCUT2D eigenvalue weighted by Crippen LogP contribution is -2.52. The van der Waals surface area contributed by atoms with E-state index >= 15 is 0 Å². The molecule has 0 radical (unpaired) electrons. The highest BCUT2D eigenvalue weighted by molar-refractivity contribution is 7.92. The van der Waals surface area contributed by atoms with Gasteiger partial charge in [0.1, 0.15) is 12.4 Å². The average molecular weight is 553 g/mol. The van der Waals surface area contributed by atoms with Gasteiger partial charge >= 0.3 is 12.2 Å². The monoisotopic (exact) mass is 552 g/mol. The van der Waals surface area contributed by atoms with E-state index in [1.54, 1.807) is 18.9 Å². The number of carbonyl (C=O) groups excluding carboxylic acids is 2. The Hall–Kier alpha value is -2.74. The number of benzene rings is 1. The second kappa shape index (κ2) is 12.2. The number of nitrogens with one attached hydrogen (secondary N) is 2. The van der Waals surface area contributed by atoms with Gasteiger partial charge in [-0.3, -0.25) is 9.52 Å². The molecule has 3 atom stereocenters. The second-order valence-electron chi connectivity index (χ2n) is 9.54. The fraction of sp³-hybridized carbons (Fsp3) is 0.652. The third-order valence-corrected chi connectivity index (χ3v) is 7.00. The third kappa shape index (κ3) is 8.95. The molecule has 1 aliphatic heterocycles. The van der Waals surface area contributed by atoms with Crippen molar-refractivity contribution in [3.63, 3.8) is 0 Å². The molecule has 3 amide bonds. The van der Waals surface area contributed by atoms with E-state index in [1.165, 1.54) is 24.1 Å². The maximum absolute atomic E-state index is 13.2. The maximum Gasteiger partial charge on any atom is 0.404 e. The van der Waals surface area contributed by atoms with Crippen molar-refractivity contribution in [2.45, 2.75) is 52.1 Å². The molecule has 0 saturated carbocycles. The Labute approximate surface area is 215 Å². The first kappa shape index (κ1) is 30.5. The van der Waals surface area contributed by atoms with Gasteiger partial charge in [0.15, 0.2) is 5.75 Å². The molecular weight excluding hydrogens is 517 g/mol. The fourth-order valence-corrected chi connectivity index (χ4v) is 4.87. The van der Waals surface area contributed by atoms with Gasteiger partial charge in [-0.05, 0) is 32.9 Å². The largest absolute Gasteiger partial charge is 0.491 e. The molecular formula is C23H35F3N4O6S. The van der Waals surface area contributed by atoms with Crippen LogP contribution >= 0.6 is 0 Å². The lowest BCUT2D eigenvalue weighted by molar-refractivity contribution is -0.106. The van der Waals surface area contributed by atoms with Gasteiger partial charge in [0.05, 0.1) is 23.4 Å². The van der Waals surface area contributed by atoms with Crippen LogP contribution in [0.15, 0.2) is 18.2 Å². The van der Waals surface area contributed by atoms with Crippen LogP contribution in [0.2, 0.25) is 0 Å². The molecule has 0 saturated heterocycles. The molecule has 0 bridgehead atoms. The van der Waals surface area contributed by atoms with E-state index < -0.39 is 40.0 Å². The molecule has 0 fully saturated rings. The van der Waals surface area contributed by atoms with Crippen molar-refractivity contribution in [2.24, 2.45) is 5.92 Å². The number of urea groups is 1. The van der Waals surface area contributed by atoms with Gasteiger partial charge < -0.3 is 24.6 Å². The molecule has 14 heteroatoms. The van der Waals surface area contributed by atoms with E-state index in [0.717, 1.165) is 6.07 Å². The molecule has 0 aromatic heterocycles. The number of ether oxygens (including phenoxy) is 2. The fourth-order valence-electron chi connectivity index (χ4n) is 3.88. The van der Waals surface area contributed by atoms with Crippen LogP contribution in [0.5, 0.6) is 5.75 Å². The zero-order valence-electron chi connectivity index (χ0n) is 21.8. The van der Waals surface area contributed by atoms with Gasteiger partial charge in [-0.2, -0.15) is 13.2 Å².